The number of carbonyl (C=O) groups is 2. The Bertz CT molecular complexity index is 528. The standard InChI is InChI=1S/C13H17N3O4/c1-3-20-12(19)10-6-14-13(15-8(10)2)16(7-11(17)18)9-4-5-9/h6,9H,3-5,7H2,1-2H3,(H,17,18). The maximum Gasteiger partial charge on any atom is 0.341 e. The molecule has 1 aliphatic rings. The van der Waals surface area contributed by atoms with Gasteiger partial charge >= 0.3 is 11.9 Å². The molecule has 108 valence electrons. The molecule has 0 spiro atoms. The number of hydrogen-bond acceptors (Lipinski definition) is 6. The van der Waals surface area contributed by atoms with Crippen LogP contribution >= 0.6 is 0 Å². The summed E-state index contributed by atoms with van der Waals surface area (Å²) >= 11 is 0. The van der Waals surface area contributed by atoms with Gasteiger partial charge in [0.1, 0.15) is 6.54 Å². The predicted octanol–water partition coefficient (Wildman–Crippen LogP) is 1.02. The largest absolute Gasteiger partial charge is 0.480 e. The number of aryl methyl sites for hydroxylation is 1. The average Bonchev–Trinajstić information content (AvgIpc) is 3.20. The number of carbonyl (C=O) groups excluding carboxylic acids is 1. The quantitative estimate of drug-likeness (QED) is 0.777. The van der Waals surface area contributed by atoms with E-state index in [1.807, 2.05) is 0 Å². The third-order valence-corrected chi connectivity index (χ3v) is 3.01. The zero-order valence-corrected chi connectivity index (χ0v) is 11.5. The Morgan fingerprint density at radius 3 is 2.70 bits per heavy atom. The zero-order chi connectivity index (χ0) is 14.7. The summed E-state index contributed by atoms with van der Waals surface area (Å²) in [5, 5.41) is 8.93. The van der Waals surface area contributed by atoms with Gasteiger partial charge in [-0.1, -0.05) is 0 Å². The van der Waals surface area contributed by atoms with Crippen LogP contribution in [0, 0.1) is 6.92 Å². The summed E-state index contributed by atoms with van der Waals surface area (Å²) in [4.78, 5) is 32.6. The Morgan fingerprint density at radius 2 is 2.20 bits per heavy atom. The van der Waals surface area contributed by atoms with Crippen molar-refractivity contribution in [2.45, 2.75) is 32.7 Å². The normalized spacial score (nSPS) is 13.9. The fourth-order valence-electron chi connectivity index (χ4n) is 1.90. The minimum atomic E-state index is -0.923. The average molecular weight is 279 g/mol. The van der Waals surface area contributed by atoms with Crippen LogP contribution in [0.2, 0.25) is 0 Å². The molecule has 0 radical (unpaired) electrons. The SMILES string of the molecule is CCOC(=O)c1cnc(N(CC(=O)O)C2CC2)nc1C. The van der Waals surface area contributed by atoms with Gasteiger partial charge in [0, 0.05) is 12.2 Å². The molecule has 1 N–H and O–H groups in total. The lowest BCUT2D eigenvalue weighted by atomic mass is 10.2. The van der Waals surface area contributed by atoms with Crippen LogP contribution in [-0.2, 0) is 9.53 Å². The minimum Gasteiger partial charge on any atom is -0.480 e. The second-order valence-electron chi connectivity index (χ2n) is 4.64. The molecule has 0 aliphatic heterocycles. The van der Waals surface area contributed by atoms with Crippen molar-refractivity contribution in [2.24, 2.45) is 0 Å². The summed E-state index contributed by atoms with van der Waals surface area (Å²) < 4.78 is 4.91. The molecule has 0 saturated heterocycles. The third kappa shape index (κ3) is 3.23. The van der Waals surface area contributed by atoms with Gasteiger partial charge in [0.25, 0.3) is 0 Å². The molecule has 1 aliphatic carbocycles. The molecule has 20 heavy (non-hydrogen) atoms. The highest BCUT2D eigenvalue weighted by Gasteiger charge is 2.32. The van der Waals surface area contributed by atoms with Gasteiger partial charge in [-0.3, -0.25) is 4.79 Å². The van der Waals surface area contributed by atoms with Crippen molar-refractivity contribution in [2.75, 3.05) is 18.1 Å². The zero-order valence-electron chi connectivity index (χ0n) is 11.5. The highest BCUT2D eigenvalue weighted by molar-refractivity contribution is 5.90. The molecule has 0 unspecified atom stereocenters. The van der Waals surface area contributed by atoms with Crippen LogP contribution in [0.5, 0.6) is 0 Å². The van der Waals surface area contributed by atoms with Gasteiger partial charge in [-0.2, -0.15) is 0 Å². The van der Waals surface area contributed by atoms with Gasteiger partial charge in [0.2, 0.25) is 5.95 Å². The van der Waals surface area contributed by atoms with Crippen molar-refractivity contribution in [1.82, 2.24) is 9.97 Å². The Kier molecular flexibility index (Phi) is 4.16. The highest BCUT2D eigenvalue weighted by atomic mass is 16.5. The Hall–Kier alpha value is -2.18. The van der Waals surface area contributed by atoms with E-state index in [4.69, 9.17) is 9.84 Å². The van der Waals surface area contributed by atoms with E-state index >= 15 is 0 Å². The predicted molar refractivity (Wildman–Crippen MR) is 70.7 cm³/mol. The first-order valence-electron chi connectivity index (χ1n) is 6.52. The van der Waals surface area contributed by atoms with E-state index in [1.165, 1.54) is 6.20 Å². The lowest BCUT2D eigenvalue weighted by Crippen LogP contribution is -2.33. The lowest BCUT2D eigenvalue weighted by molar-refractivity contribution is -0.135. The van der Waals surface area contributed by atoms with Crippen LogP contribution < -0.4 is 4.90 Å². The monoisotopic (exact) mass is 279 g/mol. The number of anilines is 1. The number of hydrogen-bond donors (Lipinski definition) is 1. The Labute approximate surface area is 116 Å². The molecule has 1 aromatic rings. The summed E-state index contributed by atoms with van der Waals surface area (Å²) in [5.74, 6) is -1.04. The van der Waals surface area contributed by atoms with Crippen molar-refractivity contribution < 1.29 is 19.4 Å². The Balaban J connectivity index is 2.22. The van der Waals surface area contributed by atoms with Gasteiger partial charge in [-0.25, -0.2) is 14.8 Å². The second kappa shape index (κ2) is 5.85. The number of rotatable bonds is 6. The second-order valence-corrected chi connectivity index (χ2v) is 4.64. The van der Waals surface area contributed by atoms with Gasteiger partial charge in [0.15, 0.2) is 0 Å². The number of carboxylic acid groups (broad SMARTS) is 1. The van der Waals surface area contributed by atoms with E-state index < -0.39 is 11.9 Å². The summed E-state index contributed by atoms with van der Waals surface area (Å²) in [6.45, 7) is 3.56. The van der Waals surface area contributed by atoms with E-state index in [2.05, 4.69) is 9.97 Å². The highest BCUT2D eigenvalue weighted by Crippen LogP contribution is 2.29. The van der Waals surface area contributed by atoms with E-state index in [-0.39, 0.29) is 19.2 Å². The van der Waals surface area contributed by atoms with Crippen molar-refractivity contribution in [1.29, 1.82) is 0 Å². The molecule has 1 heterocycles. The van der Waals surface area contributed by atoms with Crippen LogP contribution in [-0.4, -0.2) is 46.2 Å². The smallest absolute Gasteiger partial charge is 0.341 e. The molecule has 0 bridgehead atoms. The molecule has 7 heteroatoms. The van der Waals surface area contributed by atoms with Gasteiger partial charge in [-0.05, 0) is 26.7 Å². The number of carboxylic acids is 1. The molecule has 0 amide bonds. The number of ether oxygens (including phenoxy) is 1. The van der Waals surface area contributed by atoms with E-state index in [1.54, 1.807) is 18.7 Å². The molecule has 2 rings (SSSR count). The molecule has 1 aromatic heterocycles. The minimum absolute atomic E-state index is 0.136. The van der Waals surface area contributed by atoms with Gasteiger partial charge in [-0.15, -0.1) is 0 Å². The fraction of sp³-hybridized carbons (Fsp3) is 0.538. The lowest BCUT2D eigenvalue weighted by Gasteiger charge is -2.20. The van der Waals surface area contributed by atoms with Crippen molar-refractivity contribution in [3.05, 3.63) is 17.5 Å². The topological polar surface area (TPSA) is 92.6 Å². The number of aliphatic carboxylic acids is 1. The van der Waals surface area contributed by atoms with E-state index in [0.29, 0.717) is 17.2 Å². The fourth-order valence-corrected chi connectivity index (χ4v) is 1.90. The first-order valence-corrected chi connectivity index (χ1v) is 6.52. The molecule has 7 nitrogen and oxygen atoms in total. The van der Waals surface area contributed by atoms with E-state index in [9.17, 15) is 9.59 Å². The maximum atomic E-state index is 11.7. The van der Waals surface area contributed by atoms with Crippen LogP contribution in [0.15, 0.2) is 6.20 Å². The number of nitrogens with zero attached hydrogens (tertiary/aromatic N) is 3. The molecule has 0 aromatic carbocycles. The Morgan fingerprint density at radius 1 is 1.50 bits per heavy atom. The van der Waals surface area contributed by atoms with Crippen molar-refractivity contribution in [3.63, 3.8) is 0 Å². The van der Waals surface area contributed by atoms with Gasteiger partial charge in [0.05, 0.1) is 17.9 Å². The first kappa shape index (κ1) is 14.2. The summed E-state index contributed by atoms with van der Waals surface area (Å²) in [7, 11) is 0. The molecule has 1 saturated carbocycles. The van der Waals surface area contributed by atoms with Crippen LogP contribution in [0.4, 0.5) is 5.95 Å². The first-order chi connectivity index (χ1) is 9.52. The molecule has 1 fully saturated rings. The van der Waals surface area contributed by atoms with Crippen LogP contribution in [0.3, 0.4) is 0 Å². The number of esters is 1. The third-order valence-electron chi connectivity index (χ3n) is 3.01. The summed E-state index contributed by atoms with van der Waals surface area (Å²) in [5.41, 5.74) is 0.797. The van der Waals surface area contributed by atoms with Gasteiger partial charge < -0.3 is 14.7 Å². The molecular weight excluding hydrogens is 262 g/mol. The molecular formula is C13H17N3O4. The maximum absolute atomic E-state index is 11.7. The van der Waals surface area contributed by atoms with Crippen molar-refractivity contribution >= 4 is 17.9 Å². The van der Waals surface area contributed by atoms with Crippen molar-refractivity contribution in [3.8, 4) is 0 Å². The van der Waals surface area contributed by atoms with Crippen LogP contribution in [0.25, 0.3) is 0 Å². The summed E-state index contributed by atoms with van der Waals surface area (Å²) in [6.07, 6.45) is 3.28. The molecule has 0 atom stereocenters. The summed E-state index contributed by atoms with van der Waals surface area (Å²) in [6, 6.07) is 0.180. The number of aromatic nitrogens is 2. The van der Waals surface area contributed by atoms with E-state index in [0.717, 1.165) is 12.8 Å². The van der Waals surface area contributed by atoms with Crippen LogP contribution in [0.1, 0.15) is 35.8 Å².